The number of hydrogen-bond donors (Lipinski definition) is 0. The molecule has 0 spiro atoms. The molecule has 0 aliphatic rings. The molecular weight excluding hydrogens is 402 g/mol. The zero-order chi connectivity index (χ0) is 21.6. The van der Waals surface area contributed by atoms with E-state index < -0.39 is 22.5 Å². The number of hydrogen-bond acceptors (Lipinski definition) is 7. The molecule has 0 saturated heterocycles. The molecule has 154 valence electrons. The zero-order valence-electron chi connectivity index (χ0n) is 16.2. The minimum absolute atomic E-state index is 0.0224. The topological polar surface area (TPSA) is 105 Å². The third kappa shape index (κ3) is 4.83. The SMILES string of the molecule is CCCCOc1c(C(=O)OC)cc(Cl)c(-c2ccc(C(=O)OC)cc2)c1[N+](=O)[O-]. The third-order valence-electron chi connectivity index (χ3n) is 4.13. The predicted molar refractivity (Wildman–Crippen MR) is 107 cm³/mol. The van der Waals surface area contributed by atoms with Gasteiger partial charge in [0.1, 0.15) is 5.56 Å². The molecular formula is C20H20ClNO7. The summed E-state index contributed by atoms with van der Waals surface area (Å²) in [6.45, 7) is 2.12. The molecule has 0 N–H and O–H groups in total. The van der Waals surface area contributed by atoms with Crippen molar-refractivity contribution >= 4 is 29.2 Å². The number of carbonyl (C=O) groups excluding carboxylic acids is 2. The second-order valence-corrected chi connectivity index (χ2v) is 6.39. The fraction of sp³-hybridized carbons (Fsp3) is 0.300. The van der Waals surface area contributed by atoms with Crippen LogP contribution in [0.1, 0.15) is 40.5 Å². The zero-order valence-corrected chi connectivity index (χ0v) is 16.9. The first-order valence-electron chi connectivity index (χ1n) is 8.76. The Kier molecular flexibility index (Phi) is 7.55. The lowest BCUT2D eigenvalue weighted by molar-refractivity contribution is -0.385. The van der Waals surface area contributed by atoms with Crippen molar-refractivity contribution < 1.29 is 28.7 Å². The summed E-state index contributed by atoms with van der Waals surface area (Å²) >= 11 is 6.32. The molecule has 29 heavy (non-hydrogen) atoms. The molecule has 8 nitrogen and oxygen atoms in total. The van der Waals surface area contributed by atoms with E-state index in [2.05, 4.69) is 4.74 Å². The van der Waals surface area contributed by atoms with E-state index in [4.69, 9.17) is 21.1 Å². The van der Waals surface area contributed by atoms with Crippen LogP contribution in [0.2, 0.25) is 5.02 Å². The van der Waals surface area contributed by atoms with Gasteiger partial charge in [0, 0.05) is 0 Å². The van der Waals surface area contributed by atoms with Gasteiger partial charge in [-0.25, -0.2) is 9.59 Å². The van der Waals surface area contributed by atoms with Crippen molar-refractivity contribution in [2.24, 2.45) is 0 Å². The number of unbranched alkanes of at least 4 members (excludes halogenated alkanes) is 1. The van der Waals surface area contributed by atoms with Gasteiger partial charge >= 0.3 is 17.6 Å². The van der Waals surface area contributed by atoms with Gasteiger partial charge in [-0.1, -0.05) is 37.1 Å². The van der Waals surface area contributed by atoms with Crippen LogP contribution < -0.4 is 4.74 Å². The number of benzene rings is 2. The summed E-state index contributed by atoms with van der Waals surface area (Å²) < 4.78 is 15.0. The average Bonchev–Trinajstić information content (AvgIpc) is 2.73. The van der Waals surface area contributed by atoms with Gasteiger partial charge in [-0.15, -0.1) is 0 Å². The van der Waals surface area contributed by atoms with Crippen molar-refractivity contribution in [3.8, 4) is 16.9 Å². The molecule has 0 aromatic heterocycles. The lowest BCUT2D eigenvalue weighted by atomic mass is 9.99. The highest BCUT2D eigenvalue weighted by Gasteiger charge is 2.32. The van der Waals surface area contributed by atoms with Crippen LogP contribution >= 0.6 is 11.6 Å². The first kappa shape index (κ1) is 22.2. The molecule has 0 aliphatic carbocycles. The highest BCUT2D eigenvalue weighted by atomic mass is 35.5. The van der Waals surface area contributed by atoms with Crippen molar-refractivity contribution in [2.75, 3.05) is 20.8 Å². The first-order chi connectivity index (χ1) is 13.8. The Hall–Kier alpha value is -3.13. The predicted octanol–water partition coefficient (Wildman–Crippen LogP) is 4.67. The van der Waals surface area contributed by atoms with Gasteiger partial charge in [0.2, 0.25) is 5.75 Å². The minimum atomic E-state index is -0.797. The van der Waals surface area contributed by atoms with Crippen molar-refractivity contribution in [3.05, 3.63) is 56.6 Å². The molecule has 0 saturated carbocycles. The number of halogens is 1. The quantitative estimate of drug-likeness (QED) is 0.264. The summed E-state index contributed by atoms with van der Waals surface area (Å²) in [5.41, 5.74) is 0.161. The number of nitrogens with zero attached hydrogens (tertiary/aromatic N) is 1. The number of ether oxygens (including phenoxy) is 3. The van der Waals surface area contributed by atoms with E-state index >= 15 is 0 Å². The van der Waals surface area contributed by atoms with Crippen molar-refractivity contribution in [1.82, 2.24) is 0 Å². The Morgan fingerprint density at radius 2 is 1.72 bits per heavy atom. The van der Waals surface area contributed by atoms with Gasteiger partial charge in [0.25, 0.3) is 0 Å². The molecule has 0 radical (unpaired) electrons. The Morgan fingerprint density at radius 1 is 1.10 bits per heavy atom. The van der Waals surface area contributed by atoms with E-state index in [9.17, 15) is 19.7 Å². The molecule has 0 atom stereocenters. The highest BCUT2D eigenvalue weighted by Crippen LogP contribution is 2.45. The molecule has 2 aromatic rings. The van der Waals surface area contributed by atoms with Crippen LogP contribution in [0, 0.1) is 10.1 Å². The van der Waals surface area contributed by atoms with Gasteiger partial charge in [0.15, 0.2) is 0 Å². The van der Waals surface area contributed by atoms with Gasteiger partial charge < -0.3 is 14.2 Å². The summed E-state index contributed by atoms with van der Waals surface area (Å²) in [6.07, 6.45) is 1.44. The van der Waals surface area contributed by atoms with Crippen molar-refractivity contribution in [3.63, 3.8) is 0 Å². The summed E-state index contributed by atoms with van der Waals surface area (Å²) in [7, 11) is 2.42. The second kappa shape index (κ2) is 9.88. The maximum atomic E-state index is 12.2. The lowest BCUT2D eigenvalue weighted by Crippen LogP contribution is -2.10. The maximum absolute atomic E-state index is 12.2. The van der Waals surface area contributed by atoms with Crippen LogP contribution in [-0.4, -0.2) is 37.7 Å². The molecule has 0 aliphatic heterocycles. The van der Waals surface area contributed by atoms with Crippen molar-refractivity contribution in [1.29, 1.82) is 0 Å². The number of nitro benzene ring substituents is 1. The minimum Gasteiger partial charge on any atom is -0.486 e. The average molecular weight is 422 g/mol. The number of carbonyl (C=O) groups is 2. The van der Waals surface area contributed by atoms with E-state index in [1.807, 2.05) is 6.92 Å². The van der Waals surface area contributed by atoms with Crippen molar-refractivity contribution in [2.45, 2.75) is 19.8 Å². The Morgan fingerprint density at radius 3 is 2.24 bits per heavy atom. The van der Waals surface area contributed by atoms with Gasteiger partial charge in [-0.05, 0) is 30.2 Å². The standard InChI is InChI=1S/C20H20ClNO7/c1-4-5-10-29-18-14(20(24)28-3)11-15(21)16(17(18)22(25)26)12-6-8-13(9-7-12)19(23)27-2/h6-9,11H,4-5,10H2,1-3H3. The van der Waals surface area contributed by atoms with Crippen LogP contribution in [0.5, 0.6) is 5.75 Å². The molecule has 0 unspecified atom stereocenters. The second-order valence-electron chi connectivity index (χ2n) is 5.98. The molecule has 0 fully saturated rings. The van der Waals surface area contributed by atoms with Crippen LogP contribution in [0.3, 0.4) is 0 Å². The van der Waals surface area contributed by atoms with Gasteiger partial charge in [-0.2, -0.15) is 0 Å². The van der Waals surface area contributed by atoms with Crippen LogP contribution in [0.25, 0.3) is 11.1 Å². The van der Waals surface area contributed by atoms with E-state index in [-0.39, 0.29) is 34.1 Å². The summed E-state index contributed by atoms with van der Waals surface area (Å²) in [5.74, 6) is -1.54. The number of methoxy groups -OCH3 is 2. The molecule has 2 aromatic carbocycles. The fourth-order valence-corrected chi connectivity index (χ4v) is 2.99. The Labute approximate surface area is 172 Å². The number of nitro groups is 1. The lowest BCUT2D eigenvalue weighted by Gasteiger charge is -2.15. The van der Waals surface area contributed by atoms with Crippen LogP contribution in [0.15, 0.2) is 30.3 Å². The summed E-state index contributed by atoms with van der Waals surface area (Å²) in [4.78, 5) is 35.1. The van der Waals surface area contributed by atoms with E-state index in [0.717, 1.165) is 13.5 Å². The molecule has 0 amide bonds. The highest BCUT2D eigenvalue weighted by molar-refractivity contribution is 6.34. The Bertz CT molecular complexity index is 925. The largest absolute Gasteiger partial charge is 0.486 e. The van der Waals surface area contributed by atoms with Crippen LogP contribution in [0.4, 0.5) is 5.69 Å². The third-order valence-corrected chi connectivity index (χ3v) is 4.43. The summed E-state index contributed by atoms with van der Waals surface area (Å²) in [5, 5.41) is 11.9. The molecule has 9 heteroatoms. The normalized spacial score (nSPS) is 10.3. The van der Waals surface area contributed by atoms with Crippen LogP contribution in [-0.2, 0) is 9.47 Å². The van der Waals surface area contributed by atoms with E-state index in [1.54, 1.807) is 0 Å². The van der Waals surface area contributed by atoms with Gasteiger partial charge in [0.05, 0.1) is 41.9 Å². The fourth-order valence-electron chi connectivity index (χ4n) is 2.68. The smallest absolute Gasteiger partial charge is 0.341 e. The van der Waals surface area contributed by atoms with Gasteiger partial charge in [-0.3, -0.25) is 10.1 Å². The number of rotatable bonds is 8. The van der Waals surface area contributed by atoms with E-state index in [0.29, 0.717) is 12.0 Å². The van der Waals surface area contributed by atoms with E-state index in [1.165, 1.54) is 37.4 Å². The molecule has 2 rings (SSSR count). The monoisotopic (exact) mass is 421 g/mol. The number of esters is 2. The first-order valence-corrected chi connectivity index (χ1v) is 9.14. The maximum Gasteiger partial charge on any atom is 0.341 e. The molecule has 0 bridgehead atoms. The molecule has 0 heterocycles. The summed E-state index contributed by atoms with van der Waals surface area (Å²) in [6, 6.07) is 7.23. The Balaban J connectivity index is 2.71.